The van der Waals surface area contributed by atoms with Gasteiger partial charge in [0.05, 0.1) is 12.0 Å². The maximum atomic E-state index is 4.32. The van der Waals surface area contributed by atoms with Gasteiger partial charge in [-0.3, -0.25) is 0 Å². The molecule has 1 aliphatic carbocycles. The van der Waals surface area contributed by atoms with Crippen molar-refractivity contribution in [3.8, 4) is 11.5 Å². The van der Waals surface area contributed by atoms with E-state index in [-0.39, 0.29) is 0 Å². The van der Waals surface area contributed by atoms with Crippen LogP contribution in [0, 0.1) is 18.4 Å². The van der Waals surface area contributed by atoms with E-state index in [4.69, 9.17) is 0 Å². The van der Waals surface area contributed by atoms with Crippen LogP contribution in [0.1, 0.15) is 25.5 Å². The molecule has 1 heterocycles. The van der Waals surface area contributed by atoms with Gasteiger partial charge in [-0.2, -0.15) is 0 Å². The molecule has 0 radical (unpaired) electrons. The molecule has 0 amide bonds. The van der Waals surface area contributed by atoms with Crippen LogP contribution in [0.15, 0.2) is 41.9 Å². The van der Waals surface area contributed by atoms with Crippen LogP contribution in [0.4, 0.5) is 0 Å². The number of hydrogen-bond acceptors (Lipinski definition) is 1. The van der Waals surface area contributed by atoms with Crippen molar-refractivity contribution in [1.82, 2.24) is 9.55 Å². The fraction of sp³-hybridized carbons (Fsp3) is 0.389. The Morgan fingerprint density at radius 3 is 2.57 bits per heavy atom. The second-order valence-electron chi connectivity index (χ2n) is 6.68. The van der Waals surface area contributed by atoms with Gasteiger partial charge in [-0.15, -0.1) is 5.54 Å². The van der Waals surface area contributed by atoms with Gasteiger partial charge >= 0.3 is 0 Å². The molecule has 0 saturated heterocycles. The third-order valence-electron chi connectivity index (χ3n) is 3.19. The van der Waals surface area contributed by atoms with Crippen molar-refractivity contribution in [1.29, 1.82) is 0 Å². The van der Waals surface area contributed by atoms with Gasteiger partial charge in [0.2, 0.25) is 0 Å². The average Bonchev–Trinajstić information content (AvgIpc) is 2.77. The topological polar surface area (TPSA) is 17.8 Å². The minimum atomic E-state index is -1.36. The van der Waals surface area contributed by atoms with E-state index in [1.807, 2.05) is 13.3 Å². The lowest BCUT2D eigenvalue weighted by molar-refractivity contribution is 0.960. The number of hydrogen-bond donors (Lipinski definition) is 0. The predicted octanol–water partition coefficient (Wildman–Crippen LogP) is 4.58. The molecule has 2 rings (SSSR count). The highest BCUT2D eigenvalue weighted by molar-refractivity contribution is 6.83. The van der Waals surface area contributed by atoms with Crippen molar-refractivity contribution >= 4 is 13.8 Å². The summed E-state index contributed by atoms with van der Waals surface area (Å²) in [6.07, 6.45) is 12.8. The standard InChI is InChI=1S/C18H24N2Si/c1-15-7-6-8-18(20-13-16(2)19-14-20)12-17(11-15)9-10-21(3,4)5/h8,11-14H,6-7H2,1-5H3. The summed E-state index contributed by atoms with van der Waals surface area (Å²) in [6, 6.07) is 0. The normalized spacial score (nSPS) is 16.0. The minimum Gasteiger partial charge on any atom is -0.306 e. The molecule has 0 N–H and O–H groups in total. The number of rotatable bonds is 1. The SMILES string of the molecule is CC1=CC(C#C[Si](C)(C)C)=CC(n2cnc(C)c2)=CCC1. The molecule has 0 atom stereocenters. The molecule has 0 spiro atoms. The smallest absolute Gasteiger partial charge is 0.129 e. The third-order valence-corrected chi connectivity index (χ3v) is 4.06. The largest absolute Gasteiger partial charge is 0.306 e. The fourth-order valence-corrected chi connectivity index (χ4v) is 2.64. The van der Waals surface area contributed by atoms with E-state index in [0.717, 1.165) is 24.1 Å². The van der Waals surface area contributed by atoms with Crippen LogP contribution in [0.5, 0.6) is 0 Å². The first-order chi connectivity index (χ1) is 9.83. The second-order valence-corrected chi connectivity index (χ2v) is 11.4. The Bertz CT molecular complexity index is 670. The zero-order valence-corrected chi connectivity index (χ0v) is 14.7. The monoisotopic (exact) mass is 296 g/mol. The molecule has 0 aliphatic heterocycles. The van der Waals surface area contributed by atoms with Crippen LogP contribution in [0.3, 0.4) is 0 Å². The van der Waals surface area contributed by atoms with Crippen LogP contribution in [-0.4, -0.2) is 17.6 Å². The van der Waals surface area contributed by atoms with Crippen molar-refractivity contribution < 1.29 is 0 Å². The van der Waals surface area contributed by atoms with Crippen molar-refractivity contribution in [2.24, 2.45) is 0 Å². The van der Waals surface area contributed by atoms with Crippen molar-refractivity contribution in [2.45, 2.75) is 46.3 Å². The lowest BCUT2D eigenvalue weighted by atomic mass is 10.0. The predicted molar refractivity (Wildman–Crippen MR) is 93.4 cm³/mol. The Kier molecular flexibility index (Phi) is 4.69. The van der Waals surface area contributed by atoms with Crippen LogP contribution in [0.2, 0.25) is 19.6 Å². The maximum absolute atomic E-state index is 4.32. The lowest BCUT2D eigenvalue weighted by Gasteiger charge is -2.10. The number of aromatic nitrogens is 2. The van der Waals surface area contributed by atoms with Crippen LogP contribution >= 0.6 is 0 Å². The Labute approximate surface area is 129 Å². The highest BCUT2D eigenvalue weighted by Gasteiger charge is 2.08. The Balaban J connectivity index is 2.41. The van der Waals surface area contributed by atoms with E-state index in [9.17, 15) is 0 Å². The van der Waals surface area contributed by atoms with Crippen LogP contribution in [-0.2, 0) is 0 Å². The van der Waals surface area contributed by atoms with Gasteiger partial charge in [0.15, 0.2) is 0 Å². The lowest BCUT2D eigenvalue weighted by Crippen LogP contribution is -2.16. The van der Waals surface area contributed by atoms with Crippen molar-refractivity contribution in [3.63, 3.8) is 0 Å². The number of aryl methyl sites for hydroxylation is 1. The minimum absolute atomic E-state index is 1.04. The quantitative estimate of drug-likeness (QED) is 0.548. The molecule has 2 nitrogen and oxygen atoms in total. The van der Waals surface area contributed by atoms with E-state index in [1.165, 1.54) is 11.3 Å². The zero-order chi connectivity index (χ0) is 15.5. The second kappa shape index (κ2) is 6.32. The van der Waals surface area contributed by atoms with Crippen LogP contribution < -0.4 is 0 Å². The summed E-state index contributed by atoms with van der Waals surface area (Å²) in [5.74, 6) is 3.39. The molecule has 1 aromatic heterocycles. The first-order valence-electron chi connectivity index (χ1n) is 7.47. The molecule has 110 valence electrons. The van der Waals surface area contributed by atoms with Gasteiger partial charge in [-0.25, -0.2) is 4.98 Å². The highest BCUT2D eigenvalue weighted by Crippen LogP contribution is 2.19. The molecule has 0 fully saturated rings. The molecule has 3 heteroatoms. The van der Waals surface area contributed by atoms with E-state index in [0.29, 0.717) is 0 Å². The van der Waals surface area contributed by atoms with Gasteiger partial charge < -0.3 is 4.57 Å². The van der Waals surface area contributed by atoms with Crippen molar-refractivity contribution in [3.05, 3.63) is 47.6 Å². The van der Waals surface area contributed by atoms with Crippen molar-refractivity contribution in [2.75, 3.05) is 0 Å². The molecule has 0 bridgehead atoms. The number of nitrogens with zero attached hydrogens (tertiary/aromatic N) is 2. The first kappa shape index (κ1) is 15.6. The van der Waals surface area contributed by atoms with E-state index < -0.39 is 8.07 Å². The molecule has 0 saturated carbocycles. The molecule has 0 aromatic carbocycles. The Morgan fingerprint density at radius 1 is 1.19 bits per heavy atom. The van der Waals surface area contributed by atoms with E-state index in [1.54, 1.807) is 0 Å². The molecule has 0 unspecified atom stereocenters. The highest BCUT2D eigenvalue weighted by atomic mass is 28.3. The molecule has 21 heavy (non-hydrogen) atoms. The van der Waals surface area contributed by atoms with Crippen LogP contribution in [0.25, 0.3) is 5.70 Å². The van der Waals surface area contributed by atoms with Gasteiger partial charge in [0.1, 0.15) is 8.07 Å². The van der Waals surface area contributed by atoms with Gasteiger partial charge in [-0.1, -0.05) is 37.2 Å². The molecular formula is C18H24N2Si. The Morgan fingerprint density at radius 2 is 1.95 bits per heavy atom. The summed E-state index contributed by atoms with van der Waals surface area (Å²) in [7, 11) is -1.36. The Hall–Kier alpha value is -1.79. The third kappa shape index (κ3) is 4.91. The summed E-state index contributed by atoms with van der Waals surface area (Å²) in [5, 5.41) is 0. The fourth-order valence-electron chi connectivity index (χ4n) is 2.12. The molecule has 1 aliphatic rings. The van der Waals surface area contributed by atoms with Gasteiger partial charge in [-0.05, 0) is 38.8 Å². The van der Waals surface area contributed by atoms with Gasteiger partial charge in [0.25, 0.3) is 0 Å². The summed E-state index contributed by atoms with van der Waals surface area (Å²) in [5.41, 5.74) is 8.16. The summed E-state index contributed by atoms with van der Waals surface area (Å²) >= 11 is 0. The zero-order valence-electron chi connectivity index (χ0n) is 13.7. The average molecular weight is 296 g/mol. The first-order valence-corrected chi connectivity index (χ1v) is 11.0. The number of imidazole rings is 1. The molecular weight excluding hydrogens is 272 g/mol. The molecule has 1 aromatic rings. The number of allylic oxidation sites excluding steroid dienone is 6. The van der Waals surface area contributed by atoms with E-state index >= 15 is 0 Å². The summed E-state index contributed by atoms with van der Waals surface area (Å²) in [4.78, 5) is 4.32. The maximum Gasteiger partial charge on any atom is 0.129 e. The summed E-state index contributed by atoms with van der Waals surface area (Å²) in [6.45, 7) is 11.0. The van der Waals surface area contributed by atoms with Gasteiger partial charge in [0, 0.05) is 17.5 Å². The summed E-state index contributed by atoms with van der Waals surface area (Å²) < 4.78 is 2.08. The van der Waals surface area contributed by atoms with E-state index in [2.05, 4.69) is 72.0 Å².